The maximum Gasteiger partial charge on any atom is 0.191 e. The molecule has 0 spiro atoms. The first-order valence-corrected chi connectivity index (χ1v) is 9.25. The fourth-order valence-electron chi connectivity index (χ4n) is 1.68. The lowest BCUT2D eigenvalue weighted by atomic mass is 10.2. The van der Waals surface area contributed by atoms with Gasteiger partial charge in [-0.05, 0) is 31.1 Å². The number of hydrogen-bond donors (Lipinski definition) is 2. The third-order valence-electron chi connectivity index (χ3n) is 2.73. The molecule has 1 heterocycles. The molecule has 108 valence electrons. The average Bonchev–Trinajstić information content (AvgIpc) is 2.45. The van der Waals surface area contributed by atoms with Crippen LogP contribution in [0.4, 0.5) is 11.6 Å². The molecule has 0 atom stereocenters. The highest BCUT2D eigenvalue weighted by Crippen LogP contribution is 2.17. The zero-order valence-corrected chi connectivity index (χ0v) is 13.7. The van der Waals surface area contributed by atoms with Crippen molar-refractivity contribution in [2.75, 3.05) is 42.5 Å². The summed E-state index contributed by atoms with van der Waals surface area (Å²) in [6.45, 7) is 0.979. The lowest BCUT2D eigenvalue weighted by molar-refractivity contribution is 0.688. The van der Waals surface area contributed by atoms with E-state index in [2.05, 4.69) is 26.9 Å². The van der Waals surface area contributed by atoms with Crippen LogP contribution in [0.5, 0.6) is 0 Å². The Bertz CT molecular complexity index is 338. The third-order valence-corrected chi connectivity index (χ3v) is 3.97. The van der Waals surface area contributed by atoms with E-state index >= 15 is 0 Å². The predicted molar refractivity (Wildman–Crippen MR) is 88.7 cm³/mol. The smallest absolute Gasteiger partial charge is 0.191 e. The number of unbranched alkanes of at least 4 members (excludes halogenated alkanes) is 3. The minimum Gasteiger partial charge on any atom is -0.373 e. The molecular formula is C13H24N4S2. The van der Waals surface area contributed by atoms with E-state index in [1.165, 1.54) is 31.4 Å². The van der Waals surface area contributed by atoms with Crippen molar-refractivity contribution < 1.29 is 0 Å². The maximum atomic E-state index is 4.44. The van der Waals surface area contributed by atoms with Gasteiger partial charge in [0.15, 0.2) is 5.16 Å². The summed E-state index contributed by atoms with van der Waals surface area (Å²) >= 11 is 3.49. The Morgan fingerprint density at radius 3 is 2.47 bits per heavy atom. The van der Waals surface area contributed by atoms with E-state index in [9.17, 15) is 0 Å². The molecule has 19 heavy (non-hydrogen) atoms. The Kier molecular flexibility index (Phi) is 8.82. The second-order valence-electron chi connectivity index (χ2n) is 4.21. The molecule has 4 nitrogen and oxygen atoms in total. The van der Waals surface area contributed by atoms with Crippen LogP contribution in [0, 0.1) is 0 Å². The van der Waals surface area contributed by atoms with Gasteiger partial charge in [0.05, 0.1) is 0 Å². The predicted octanol–water partition coefficient (Wildman–Crippen LogP) is 3.58. The van der Waals surface area contributed by atoms with Gasteiger partial charge in [-0.3, -0.25) is 0 Å². The van der Waals surface area contributed by atoms with Crippen molar-refractivity contribution in [2.45, 2.75) is 30.8 Å². The van der Waals surface area contributed by atoms with Gasteiger partial charge in [0.1, 0.15) is 11.6 Å². The quantitative estimate of drug-likeness (QED) is 0.391. The van der Waals surface area contributed by atoms with Crippen LogP contribution in [0.3, 0.4) is 0 Å². The van der Waals surface area contributed by atoms with E-state index in [-0.39, 0.29) is 0 Å². The van der Waals surface area contributed by atoms with E-state index < -0.39 is 0 Å². The Hall–Kier alpha value is -0.620. The number of thioether (sulfide) groups is 2. The summed E-state index contributed by atoms with van der Waals surface area (Å²) in [5.41, 5.74) is 0. The highest BCUT2D eigenvalue weighted by molar-refractivity contribution is 7.98. The van der Waals surface area contributed by atoms with Crippen molar-refractivity contribution >= 4 is 35.2 Å². The Labute approximate surface area is 125 Å². The van der Waals surface area contributed by atoms with Gasteiger partial charge in [0, 0.05) is 19.7 Å². The molecule has 0 aromatic carbocycles. The van der Waals surface area contributed by atoms with Gasteiger partial charge in [-0.1, -0.05) is 24.6 Å². The first-order chi connectivity index (χ1) is 9.30. The van der Waals surface area contributed by atoms with Crippen LogP contribution in [0.25, 0.3) is 0 Å². The van der Waals surface area contributed by atoms with Crippen LogP contribution in [0.15, 0.2) is 11.2 Å². The van der Waals surface area contributed by atoms with Gasteiger partial charge in [-0.25, -0.2) is 9.97 Å². The molecule has 1 rings (SSSR count). The first kappa shape index (κ1) is 16.4. The zero-order chi connectivity index (χ0) is 13.9. The number of aromatic nitrogens is 2. The topological polar surface area (TPSA) is 49.8 Å². The molecule has 0 aliphatic heterocycles. The number of anilines is 2. The minimum atomic E-state index is 0.800. The largest absolute Gasteiger partial charge is 0.373 e. The molecule has 0 amide bonds. The van der Waals surface area contributed by atoms with E-state index in [0.717, 1.165) is 23.3 Å². The second kappa shape index (κ2) is 10.2. The fourth-order valence-corrected chi connectivity index (χ4v) is 2.55. The van der Waals surface area contributed by atoms with E-state index in [0.29, 0.717) is 0 Å². The molecular weight excluding hydrogens is 276 g/mol. The van der Waals surface area contributed by atoms with Crippen LogP contribution >= 0.6 is 23.5 Å². The van der Waals surface area contributed by atoms with E-state index in [1.807, 2.05) is 31.1 Å². The van der Waals surface area contributed by atoms with Gasteiger partial charge in [-0.15, -0.1) is 0 Å². The molecule has 0 saturated carbocycles. The van der Waals surface area contributed by atoms with Crippen molar-refractivity contribution in [3.8, 4) is 0 Å². The summed E-state index contributed by atoms with van der Waals surface area (Å²) < 4.78 is 0. The fraction of sp³-hybridized carbons (Fsp3) is 0.692. The molecule has 0 aliphatic rings. The first-order valence-electron chi connectivity index (χ1n) is 6.63. The van der Waals surface area contributed by atoms with Gasteiger partial charge in [0.25, 0.3) is 0 Å². The molecule has 0 saturated heterocycles. The monoisotopic (exact) mass is 300 g/mol. The highest BCUT2D eigenvalue weighted by atomic mass is 32.2. The number of hydrogen-bond acceptors (Lipinski definition) is 6. The zero-order valence-electron chi connectivity index (χ0n) is 12.0. The van der Waals surface area contributed by atoms with Crippen molar-refractivity contribution in [1.29, 1.82) is 0 Å². The van der Waals surface area contributed by atoms with E-state index in [4.69, 9.17) is 0 Å². The molecule has 1 aromatic heterocycles. The van der Waals surface area contributed by atoms with Crippen LogP contribution in [-0.2, 0) is 0 Å². The molecule has 0 unspecified atom stereocenters. The van der Waals surface area contributed by atoms with Crippen LogP contribution in [0.2, 0.25) is 0 Å². The Morgan fingerprint density at radius 1 is 1.05 bits per heavy atom. The second-order valence-corrected chi connectivity index (χ2v) is 5.97. The Balaban J connectivity index is 2.28. The molecule has 2 N–H and O–H groups in total. The summed E-state index contributed by atoms with van der Waals surface area (Å²) in [7, 11) is 1.88. The normalized spacial score (nSPS) is 10.5. The van der Waals surface area contributed by atoms with Gasteiger partial charge >= 0.3 is 0 Å². The van der Waals surface area contributed by atoms with Crippen LogP contribution in [-0.4, -0.2) is 41.8 Å². The Morgan fingerprint density at radius 2 is 1.79 bits per heavy atom. The van der Waals surface area contributed by atoms with Crippen molar-refractivity contribution in [3.05, 3.63) is 6.07 Å². The maximum absolute atomic E-state index is 4.44. The SMILES string of the molecule is CNc1cc(NCCCCCCSC)nc(SC)n1. The van der Waals surface area contributed by atoms with Gasteiger partial charge in [0.2, 0.25) is 0 Å². The lowest BCUT2D eigenvalue weighted by Gasteiger charge is -2.08. The van der Waals surface area contributed by atoms with Crippen LogP contribution < -0.4 is 10.6 Å². The molecule has 0 aliphatic carbocycles. The molecule has 1 aromatic rings. The summed E-state index contributed by atoms with van der Waals surface area (Å²) in [6, 6.07) is 1.95. The molecule has 6 heteroatoms. The minimum absolute atomic E-state index is 0.800. The molecule has 0 radical (unpaired) electrons. The van der Waals surface area contributed by atoms with Crippen molar-refractivity contribution in [1.82, 2.24) is 9.97 Å². The number of nitrogens with zero attached hydrogens (tertiary/aromatic N) is 2. The van der Waals surface area contributed by atoms with E-state index in [1.54, 1.807) is 11.8 Å². The summed E-state index contributed by atoms with van der Waals surface area (Å²) in [6.07, 6.45) is 9.29. The summed E-state index contributed by atoms with van der Waals surface area (Å²) in [4.78, 5) is 8.79. The van der Waals surface area contributed by atoms with Crippen LogP contribution in [0.1, 0.15) is 25.7 Å². The summed E-state index contributed by atoms with van der Waals surface area (Å²) in [5, 5.41) is 7.24. The van der Waals surface area contributed by atoms with Gasteiger partial charge in [-0.2, -0.15) is 11.8 Å². The molecule has 0 fully saturated rings. The highest BCUT2D eigenvalue weighted by Gasteiger charge is 2.02. The van der Waals surface area contributed by atoms with Gasteiger partial charge < -0.3 is 10.6 Å². The number of rotatable bonds is 10. The standard InChI is InChI=1S/C13H24N4S2/c1-14-11-10-12(17-13(16-11)19-3)15-8-6-4-5-7-9-18-2/h10H,4-9H2,1-3H3,(H2,14,15,16,17). The number of nitrogens with one attached hydrogen (secondary N) is 2. The lowest BCUT2D eigenvalue weighted by Crippen LogP contribution is -2.06. The molecule has 0 bridgehead atoms. The summed E-state index contributed by atoms with van der Waals surface area (Å²) in [5.74, 6) is 3.05. The average molecular weight is 300 g/mol. The van der Waals surface area contributed by atoms with Crippen molar-refractivity contribution in [2.24, 2.45) is 0 Å². The third kappa shape index (κ3) is 6.92. The van der Waals surface area contributed by atoms with Crippen molar-refractivity contribution in [3.63, 3.8) is 0 Å².